The molecule has 134 valence electrons. The fourth-order valence-electron chi connectivity index (χ4n) is 2.40. The van der Waals surface area contributed by atoms with Crippen LogP contribution < -0.4 is 10.1 Å². The Balaban J connectivity index is 1.68. The number of carbonyl (C=O) groups is 1. The lowest BCUT2D eigenvalue weighted by molar-refractivity contribution is -0.118. The fourth-order valence-corrected chi connectivity index (χ4v) is 3.74. The number of hydrogen-bond donors (Lipinski definition) is 1. The predicted molar refractivity (Wildman–Crippen MR) is 108 cm³/mol. The predicted octanol–water partition coefficient (Wildman–Crippen LogP) is 4.17. The number of nitrogens with one attached hydrogen (secondary N) is 1. The van der Waals surface area contributed by atoms with Crippen molar-refractivity contribution < 1.29 is 9.53 Å². The number of methoxy groups -OCH3 is 1. The second-order valence-electron chi connectivity index (χ2n) is 5.43. The summed E-state index contributed by atoms with van der Waals surface area (Å²) in [6, 6.07) is 12.7. The van der Waals surface area contributed by atoms with Crippen LogP contribution in [-0.4, -0.2) is 29.6 Å². The minimum atomic E-state index is -0.328. The lowest BCUT2D eigenvalue weighted by Crippen LogP contribution is -2.26. The number of nitrogens with zero attached hydrogens (tertiary/aromatic N) is 2. The molecule has 1 atom stereocenters. The first kappa shape index (κ1) is 18.8. The number of amidine groups is 1. The van der Waals surface area contributed by atoms with E-state index in [-0.39, 0.29) is 11.2 Å². The van der Waals surface area contributed by atoms with Crippen LogP contribution >= 0.6 is 35.0 Å². The molecule has 0 aliphatic carbocycles. The molecule has 2 aromatic carbocycles. The van der Waals surface area contributed by atoms with E-state index < -0.39 is 0 Å². The Morgan fingerprint density at radius 1 is 1.27 bits per heavy atom. The van der Waals surface area contributed by atoms with Gasteiger partial charge in [0.25, 0.3) is 0 Å². The molecule has 1 saturated heterocycles. The molecule has 8 heteroatoms. The first-order chi connectivity index (χ1) is 12.6. The second kappa shape index (κ2) is 8.58. The van der Waals surface area contributed by atoms with E-state index in [1.165, 1.54) is 11.8 Å². The summed E-state index contributed by atoms with van der Waals surface area (Å²) in [6.07, 6.45) is 2.05. The Labute approximate surface area is 165 Å². The molecule has 2 aromatic rings. The molecule has 1 heterocycles. The van der Waals surface area contributed by atoms with Crippen LogP contribution in [0.25, 0.3) is 0 Å². The third-order valence-corrected chi connectivity index (χ3v) is 5.35. The van der Waals surface area contributed by atoms with Crippen molar-refractivity contribution in [2.75, 3.05) is 7.11 Å². The summed E-state index contributed by atoms with van der Waals surface area (Å²) in [6.45, 7) is 0. The average Bonchev–Trinajstić information content (AvgIpc) is 2.98. The molecule has 1 unspecified atom stereocenters. The van der Waals surface area contributed by atoms with E-state index in [0.29, 0.717) is 27.4 Å². The van der Waals surface area contributed by atoms with Crippen LogP contribution in [0.1, 0.15) is 11.1 Å². The number of thioether (sulfide) groups is 1. The molecule has 0 bridgehead atoms. The minimum Gasteiger partial charge on any atom is -0.496 e. The van der Waals surface area contributed by atoms with Gasteiger partial charge in [0.15, 0.2) is 5.17 Å². The lowest BCUT2D eigenvalue weighted by Gasteiger charge is -2.07. The van der Waals surface area contributed by atoms with Gasteiger partial charge in [-0.25, -0.2) is 0 Å². The van der Waals surface area contributed by atoms with Crippen LogP contribution in [-0.2, 0) is 11.2 Å². The van der Waals surface area contributed by atoms with Crippen molar-refractivity contribution in [2.24, 2.45) is 10.2 Å². The first-order valence-corrected chi connectivity index (χ1v) is 9.36. The zero-order valence-corrected chi connectivity index (χ0v) is 16.1. The van der Waals surface area contributed by atoms with Crippen LogP contribution in [0.4, 0.5) is 0 Å². The van der Waals surface area contributed by atoms with Crippen LogP contribution in [0.5, 0.6) is 5.75 Å². The van der Waals surface area contributed by atoms with E-state index in [0.717, 1.165) is 11.1 Å². The Morgan fingerprint density at radius 2 is 2.08 bits per heavy atom. The summed E-state index contributed by atoms with van der Waals surface area (Å²) in [7, 11) is 1.59. The summed E-state index contributed by atoms with van der Waals surface area (Å²) in [5, 5.41) is 12.1. The van der Waals surface area contributed by atoms with Gasteiger partial charge in [-0.1, -0.05) is 47.1 Å². The quantitative estimate of drug-likeness (QED) is 0.597. The van der Waals surface area contributed by atoms with E-state index in [4.69, 9.17) is 27.9 Å². The Hall–Kier alpha value is -2.02. The molecule has 0 saturated carbocycles. The maximum absolute atomic E-state index is 12.2. The number of para-hydroxylation sites is 1. The van der Waals surface area contributed by atoms with Crippen molar-refractivity contribution in [3.05, 3.63) is 63.6 Å². The minimum absolute atomic E-state index is 0.128. The van der Waals surface area contributed by atoms with Gasteiger partial charge in [-0.05, 0) is 42.3 Å². The monoisotopic (exact) mass is 407 g/mol. The zero-order chi connectivity index (χ0) is 18.5. The van der Waals surface area contributed by atoms with Gasteiger partial charge in [-0.3, -0.25) is 4.79 Å². The molecule has 0 spiro atoms. The largest absolute Gasteiger partial charge is 0.496 e. The van der Waals surface area contributed by atoms with E-state index in [9.17, 15) is 4.79 Å². The van der Waals surface area contributed by atoms with E-state index in [1.807, 2.05) is 24.3 Å². The van der Waals surface area contributed by atoms with Gasteiger partial charge in [0.1, 0.15) is 5.75 Å². The Bertz CT molecular complexity index is 886. The number of carbonyl (C=O) groups excluding carboxylic acids is 1. The number of hydrogen-bond acceptors (Lipinski definition) is 5. The molecule has 5 nitrogen and oxygen atoms in total. The van der Waals surface area contributed by atoms with Crippen LogP contribution in [0.3, 0.4) is 0 Å². The molecule has 3 rings (SSSR count). The Kier molecular flexibility index (Phi) is 6.19. The van der Waals surface area contributed by atoms with Crippen molar-refractivity contribution in [1.29, 1.82) is 0 Å². The molecule has 0 radical (unpaired) electrons. The van der Waals surface area contributed by atoms with Crippen LogP contribution in [0.2, 0.25) is 10.0 Å². The Morgan fingerprint density at radius 3 is 2.88 bits per heavy atom. The van der Waals surface area contributed by atoms with Crippen molar-refractivity contribution >= 4 is 52.3 Å². The number of benzene rings is 2. The third-order valence-electron chi connectivity index (χ3n) is 3.67. The van der Waals surface area contributed by atoms with Crippen LogP contribution in [0.15, 0.2) is 52.7 Å². The van der Waals surface area contributed by atoms with Gasteiger partial charge in [0.05, 0.1) is 18.6 Å². The van der Waals surface area contributed by atoms with Crippen molar-refractivity contribution in [3.8, 4) is 5.75 Å². The normalized spacial score (nSPS) is 18.5. The summed E-state index contributed by atoms with van der Waals surface area (Å²) < 4.78 is 5.25. The topological polar surface area (TPSA) is 63.1 Å². The van der Waals surface area contributed by atoms with Crippen molar-refractivity contribution in [1.82, 2.24) is 5.32 Å². The summed E-state index contributed by atoms with van der Waals surface area (Å²) in [4.78, 5) is 12.2. The molecular formula is C18H15Cl2N3O2S. The molecule has 1 N–H and O–H groups in total. The highest BCUT2D eigenvalue weighted by molar-refractivity contribution is 8.15. The van der Waals surface area contributed by atoms with E-state index in [1.54, 1.807) is 31.5 Å². The lowest BCUT2D eigenvalue weighted by atomic mass is 10.1. The smallest absolute Gasteiger partial charge is 0.239 e. The standard InChI is InChI=1S/C18H15Cl2N3O2S/c1-25-15-5-3-2-4-11(15)10-21-23-18-22-17(24)16(26-18)9-12-8-13(19)6-7-14(12)20/h2-8,10,16H,9H2,1H3,(H,22,23,24). The van der Waals surface area contributed by atoms with Gasteiger partial charge >= 0.3 is 0 Å². The number of rotatable bonds is 5. The van der Waals surface area contributed by atoms with Gasteiger partial charge in [0.2, 0.25) is 5.91 Å². The van der Waals surface area contributed by atoms with E-state index in [2.05, 4.69) is 15.5 Å². The zero-order valence-electron chi connectivity index (χ0n) is 13.8. The molecule has 0 aromatic heterocycles. The van der Waals surface area contributed by atoms with Crippen molar-refractivity contribution in [2.45, 2.75) is 11.7 Å². The number of halogens is 2. The maximum Gasteiger partial charge on any atom is 0.239 e. The highest BCUT2D eigenvalue weighted by atomic mass is 35.5. The van der Waals surface area contributed by atoms with Gasteiger partial charge in [-0.2, -0.15) is 5.10 Å². The maximum atomic E-state index is 12.2. The average molecular weight is 408 g/mol. The van der Waals surface area contributed by atoms with Crippen LogP contribution in [0, 0.1) is 0 Å². The molecule has 1 aliphatic heterocycles. The third kappa shape index (κ3) is 4.58. The summed E-state index contributed by atoms with van der Waals surface area (Å²) >= 11 is 13.5. The molecular weight excluding hydrogens is 393 g/mol. The van der Waals surface area contributed by atoms with Gasteiger partial charge in [0, 0.05) is 15.6 Å². The first-order valence-electron chi connectivity index (χ1n) is 7.72. The molecule has 1 amide bonds. The van der Waals surface area contributed by atoms with Crippen molar-refractivity contribution in [3.63, 3.8) is 0 Å². The number of amides is 1. The summed E-state index contributed by atoms with van der Waals surface area (Å²) in [5.41, 5.74) is 1.63. The second-order valence-corrected chi connectivity index (χ2v) is 7.46. The SMILES string of the molecule is COc1ccccc1C=NN=C1NC(=O)C(Cc2cc(Cl)ccc2Cl)S1. The van der Waals surface area contributed by atoms with Gasteiger partial charge in [-0.15, -0.1) is 5.10 Å². The molecule has 1 aliphatic rings. The fraction of sp³-hybridized carbons (Fsp3) is 0.167. The number of ether oxygens (including phenoxy) is 1. The molecule has 26 heavy (non-hydrogen) atoms. The summed E-state index contributed by atoms with van der Waals surface area (Å²) in [5.74, 6) is 0.574. The van der Waals surface area contributed by atoms with E-state index >= 15 is 0 Å². The highest BCUT2D eigenvalue weighted by Gasteiger charge is 2.31. The highest BCUT2D eigenvalue weighted by Crippen LogP contribution is 2.28. The van der Waals surface area contributed by atoms with Gasteiger partial charge < -0.3 is 10.1 Å². The molecule has 1 fully saturated rings.